The Morgan fingerprint density at radius 2 is 1.93 bits per heavy atom. The summed E-state index contributed by atoms with van der Waals surface area (Å²) in [5.41, 5.74) is 0.879. The van der Waals surface area contributed by atoms with E-state index >= 15 is 0 Å². The molecule has 1 fully saturated rings. The highest BCUT2D eigenvalue weighted by molar-refractivity contribution is 5.78. The van der Waals surface area contributed by atoms with Crippen molar-refractivity contribution in [1.29, 1.82) is 0 Å². The second-order valence-electron chi connectivity index (χ2n) is 6.59. The van der Waals surface area contributed by atoms with E-state index in [1.165, 1.54) is 12.1 Å². The molecular formula is C20H26FN3O3. The lowest BCUT2D eigenvalue weighted by Crippen LogP contribution is -2.43. The second kappa shape index (κ2) is 10.2. The van der Waals surface area contributed by atoms with Crippen molar-refractivity contribution in [2.24, 2.45) is 0 Å². The predicted octanol–water partition coefficient (Wildman–Crippen LogP) is 1.87. The average molecular weight is 375 g/mol. The van der Waals surface area contributed by atoms with Crippen LogP contribution in [0.2, 0.25) is 0 Å². The summed E-state index contributed by atoms with van der Waals surface area (Å²) >= 11 is 0. The Morgan fingerprint density at radius 1 is 1.15 bits per heavy atom. The first-order valence-electron chi connectivity index (χ1n) is 9.26. The zero-order valence-electron chi connectivity index (χ0n) is 15.4. The number of benzene rings is 1. The summed E-state index contributed by atoms with van der Waals surface area (Å²) in [7, 11) is 0. The molecule has 1 aliphatic heterocycles. The van der Waals surface area contributed by atoms with Gasteiger partial charge in [0.05, 0.1) is 32.6 Å². The van der Waals surface area contributed by atoms with Crippen LogP contribution in [0.15, 0.2) is 47.1 Å². The van der Waals surface area contributed by atoms with E-state index in [0.717, 1.165) is 50.7 Å². The van der Waals surface area contributed by atoms with Gasteiger partial charge in [-0.25, -0.2) is 4.39 Å². The molecule has 0 atom stereocenters. The van der Waals surface area contributed by atoms with Crippen molar-refractivity contribution in [2.45, 2.75) is 13.1 Å². The van der Waals surface area contributed by atoms with Crippen LogP contribution in [0.4, 0.5) is 4.39 Å². The zero-order chi connectivity index (χ0) is 18.9. The Morgan fingerprint density at radius 3 is 2.63 bits per heavy atom. The van der Waals surface area contributed by atoms with Crippen LogP contribution < -0.4 is 5.32 Å². The van der Waals surface area contributed by atoms with Gasteiger partial charge in [0.1, 0.15) is 11.6 Å². The highest BCUT2D eigenvalue weighted by Crippen LogP contribution is 2.11. The quantitative estimate of drug-likeness (QED) is 0.678. The van der Waals surface area contributed by atoms with Crippen LogP contribution in [0.5, 0.6) is 0 Å². The SMILES string of the molecule is O=C(CNCCN1CCOCC1)N(Cc1ccc(F)cc1)Cc1ccco1. The minimum atomic E-state index is -0.285. The maximum Gasteiger partial charge on any atom is 0.237 e. The Kier molecular flexibility index (Phi) is 7.38. The van der Waals surface area contributed by atoms with E-state index in [0.29, 0.717) is 13.1 Å². The largest absolute Gasteiger partial charge is 0.467 e. The summed E-state index contributed by atoms with van der Waals surface area (Å²) in [6.07, 6.45) is 1.59. The van der Waals surface area contributed by atoms with Crippen molar-refractivity contribution in [3.63, 3.8) is 0 Å². The molecule has 27 heavy (non-hydrogen) atoms. The van der Waals surface area contributed by atoms with Crippen LogP contribution in [-0.2, 0) is 22.6 Å². The molecule has 1 amide bonds. The van der Waals surface area contributed by atoms with E-state index in [1.54, 1.807) is 29.4 Å². The maximum atomic E-state index is 13.1. The van der Waals surface area contributed by atoms with Crippen LogP contribution in [0, 0.1) is 5.82 Å². The molecular weight excluding hydrogens is 349 g/mol. The molecule has 2 heterocycles. The Hall–Kier alpha value is -2.22. The van der Waals surface area contributed by atoms with Crippen molar-refractivity contribution in [2.75, 3.05) is 45.9 Å². The molecule has 2 aromatic rings. The van der Waals surface area contributed by atoms with Gasteiger partial charge in [-0.1, -0.05) is 12.1 Å². The molecule has 7 heteroatoms. The Labute approximate surface area is 158 Å². The predicted molar refractivity (Wildman–Crippen MR) is 99.5 cm³/mol. The van der Waals surface area contributed by atoms with Crippen molar-refractivity contribution in [3.05, 3.63) is 59.8 Å². The average Bonchev–Trinajstić information content (AvgIpc) is 3.20. The number of carbonyl (C=O) groups is 1. The van der Waals surface area contributed by atoms with Crippen LogP contribution >= 0.6 is 0 Å². The van der Waals surface area contributed by atoms with E-state index in [-0.39, 0.29) is 18.3 Å². The molecule has 146 valence electrons. The Bertz CT molecular complexity index is 685. The van der Waals surface area contributed by atoms with Gasteiger partial charge < -0.3 is 19.4 Å². The molecule has 1 N–H and O–H groups in total. The molecule has 0 saturated carbocycles. The fraction of sp³-hybridized carbons (Fsp3) is 0.450. The number of nitrogens with one attached hydrogen (secondary N) is 1. The molecule has 0 bridgehead atoms. The second-order valence-corrected chi connectivity index (χ2v) is 6.59. The highest BCUT2D eigenvalue weighted by Gasteiger charge is 2.16. The van der Waals surface area contributed by atoms with E-state index in [4.69, 9.17) is 9.15 Å². The standard InChI is InChI=1S/C20H26FN3O3/c21-18-5-3-17(4-6-18)15-24(16-19-2-1-11-27-19)20(25)14-22-7-8-23-9-12-26-13-10-23/h1-6,11,22H,7-10,12-16H2. The topological polar surface area (TPSA) is 58.0 Å². The molecule has 1 aromatic heterocycles. The van der Waals surface area contributed by atoms with E-state index in [9.17, 15) is 9.18 Å². The number of hydrogen-bond acceptors (Lipinski definition) is 5. The third-order valence-corrected chi connectivity index (χ3v) is 4.55. The van der Waals surface area contributed by atoms with Crippen molar-refractivity contribution in [1.82, 2.24) is 15.1 Å². The summed E-state index contributed by atoms with van der Waals surface area (Å²) in [6.45, 7) is 6.10. The minimum Gasteiger partial charge on any atom is -0.467 e. The first kappa shape index (κ1) is 19.5. The molecule has 0 aliphatic carbocycles. The lowest BCUT2D eigenvalue weighted by molar-refractivity contribution is -0.131. The minimum absolute atomic E-state index is 0.0160. The monoisotopic (exact) mass is 375 g/mol. The lowest BCUT2D eigenvalue weighted by atomic mass is 10.2. The number of amides is 1. The molecule has 0 spiro atoms. The van der Waals surface area contributed by atoms with Crippen LogP contribution in [-0.4, -0.2) is 61.6 Å². The summed E-state index contributed by atoms with van der Waals surface area (Å²) in [6, 6.07) is 9.86. The smallest absolute Gasteiger partial charge is 0.237 e. The van der Waals surface area contributed by atoms with Gasteiger partial charge in [0, 0.05) is 32.7 Å². The lowest BCUT2D eigenvalue weighted by Gasteiger charge is -2.27. The number of ether oxygens (including phenoxy) is 1. The fourth-order valence-corrected chi connectivity index (χ4v) is 3.00. The normalized spacial score (nSPS) is 15.0. The number of halogens is 1. The molecule has 0 unspecified atom stereocenters. The first-order valence-corrected chi connectivity index (χ1v) is 9.26. The van der Waals surface area contributed by atoms with Gasteiger partial charge >= 0.3 is 0 Å². The summed E-state index contributed by atoms with van der Waals surface area (Å²) < 4.78 is 23.8. The molecule has 1 saturated heterocycles. The van der Waals surface area contributed by atoms with Gasteiger partial charge in [-0.2, -0.15) is 0 Å². The van der Waals surface area contributed by atoms with Crippen LogP contribution in [0.3, 0.4) is 0 Å². The fourth-order valence-electron chi connectivity index (χ4n) is 3.00. The third-order valence-electron chi connectivity index (χ3n) is 4.55. The third kappa shape index (κ3) is 6.46. The summed E-state index contributed by atoms with van der Waals surface area (Å²) in [4.78, 5) is 16.7. The van der Waals surface area contributed by atoms with Gasteiger partial charge in [-0.3, -0.25) is 9.69 Å². The van der Waals surface area contributed by atoms with Gasteiger partial charge in [0.2, 0.25) is 5.91 Å². The number of nitrogens with zero attached hydrogens (tertiary/aromatic N) is 2. The van der Waals surface area contributed by atoms with Crippen LogP contribution in [0.1, 0.15) is 11.3 Å². The molecule has 0 radical (unpaired) electrons. The van der Waals surface area contributed by atoms with Gasteiger partial charge in [-0.15, -0.1) is 0 Å². The maximum absolute atomic E-state index is 13.1. The van der Waals surface area contributed by atoms with Crippen molar-refractivity contribution in [3.8, 4) is 0 Å². The number of hydrogen-bond donors (Lipinski definition) is 1. The van der Waals surface area contributed by atoms with Crippen LogP contribution in [0.25, 0.3) is 0 Å². The van der Waals surface area contributed by atoms with Crippen molar-refractivity contribution >= 4 is 5.91 Å². The van der Waals surface area contributed by atoms with Gasteiger partial charge in [0.15, 0.2) is 0 Å². The zero-order valence-corrected chi connectivity index (χ0v) is 15.4. The molecule has 1 aromatic carbocycles. The van der Waals surface area contributed by atoms with Crippen molar-refractivity contribution < 1.29 is 18.3 Å². The summed E-state index contributed by atoms with van der Waals surface area (Å²) in [5.74, 6) is 0.420. The van der Waals surface area contributed by atoms with E-state index < -0.39 is 0 Å². The van der Waals surface area contributed by atoms with E-state index in [2.05, 4.69) is 10.2 Å². The molecule has 1 aliphatic rings. The molecule has 6 nitrogen and oxygen atoms in total. The number of furan rings is 1. The number of rotatable bonds is 9. The Balaban J connectivity index is 1.50. The summed E-state index contributed by atoms with van der Waals surface area (Å²) in [5, 5.41) is 3.22. The van der Waals surface area contributed by atoms with E-state index in [1.807, 2.05) is 6.07 Å². The first-order chi connectivity index (χ1) is 13.2. The molecule has 3 rings (SSSR count). The highest BCUT2D eigenvalue weighted by atomic mass is 19.1. The van der Waals surface area contributed by atoms with Gasteiger partial charge in [0.25, 0.3) is 0 Å². The number of morpholine rings is 1. The number of carbonyl (C=O) groups excluding carboxylic acids is 1. The van der Waals surface area contributed by atoms with Gasteiger partial charge in [-0.05, 0) is 29.8 Å².